The van der Waals surface area contributed by atoms with E-state index in [1.807, 2.05) is 21.1 Å². The SMILES string of the molecule is CCCCCCCCCCCCCCCCCCCCCCCCCCCCCC(=O)OC(COC(=O)CCCCCCCCCCCCCCCCCCCCCC)COP(=O)(O)OCC[N+](C)(C)C. The molecule has 2 unspecified atom stereocenters. The van der Waals surface area contributed by atoms with E-state index >= 15 is 0 Å². The van der Waals surface area contributed by atoms with Crippen molar-refractivity contribution in [3.8, 4) is 0 Å². The van der Waals surface area contributed by atoms with Crippen LogP contribution < -0.4 is 0 Å². The molecule has 0 fully saturated rings. The molecule has 10 heteroatoms. The third-order valence-corrected chi connectivity index (χ3v) is 15.4. The van der Waals surface area contributed by atoms with Gasteiger partial charge in [-0.25, -0.2) is 4.57 Å². The number of unbranched alkanes of at least 4 members (excludes halogenated alkanes) is 45. The lowest BCUT2D eigenvalue weighted by atomic mass is 10.0. The van der Waals surface area contributed by atoms with Gasteiger partial charge in [0.05, 0.1) is 27.7 Å². The Morgan fingerprint density at radius 3 is 0.901 bits per heavy atom. The van der Waals surface area contributed by atoms with Gasteiger partial charge in [0.1, 0.15) is 19.8 Å². The predicted molar refractivity (Wildman–Crippen MR) is 303 cm³/mol. The number of quaternary nitrogens is 1. The second-order valence-corrected chi connectivity index (χ2v) is 24.3. The van der Waals surface area contributed by atoms with Crippen molar-refractivity contribution in [3.63, 3.8) is 0 Å². The maximum atomic E-state index is 12.8. The number of nitrogens with zero attached hydrogens (tertiary/aromatic N) is 1. The van der Waals surface area contributed by atoms with Crippen LogP contribution in [0.4, 0.5) is 0 Å². The normalized spacial score (nSPS) is 13.2. The van der Waals surface area contributed by atoms with Crippen LogP contribution in [0.1, 0.15) is 328 Å². The van der Waals surface area contributed by atoms with Crippen molar-refractivity contribution in [2.24, 2.45) is 0 Å². The summed E-state index contributed by atoms with van der Waals surface area (Å²) < 4.78 is 34.6. The lowest BCUT2D eigenvalue weighted by Crippen LogP contribution is -2.37. The first-order valence-electron chi connectivity index (χ1n) is 31.3. The van der Waals surface area contributed by atoms with E-state index in [1.165, 1.54) is 263 Å². The molecule has 0 spiro atoms. The number of carbonyl (C=O) groups excluding carboxylic acids is 2. The lowest BCUT2D eigenvalue weighted by Gasteiger charge is -2.24. The molecule has 0 aliphatic rings. The third-order valence-electron chi connectivity index (χ3n) is 14.4. The smallest absolute Gasteiger partial charge is 0.462 e. The fourth-order valence-electron chi connectivity index (χ4n) is 9.55. The topological polar surface area (TPSA) is 108 Å². The molecule has 424 valence electrons. The molecule has 0 aromatic carbocycles. The van der Waals surface area contributed by atoms with Crippen LogP contribution in [0.15, 0.2) is 0 Å². The van der Waals surface area contributed by atoms with E-state index in [0.29, 0.717) is 17.4 Å². The van der Waals surface area contributed by atoms with Gasteiger partial charge in [-0.3, -0.25) is 18.6 Å². The van der Waals surface area contributed by atoms with E-state index < -0.39 is 26.5 Å². The first kappa shape index (κ1) is 70.0. The van der Waals surface area contributed by atoms with Crippen molar-refractivity contribution >= 4 is 19.8 Å². The Morgan fingerprint density at radius 2 is 0.634 bits per heavy atom. The molecule has 0 rings (SSSR count). The second-order valence-electron chi connectivity index (χ2n) is 22.8. The number of carbonyl (C=O) groups is 2. The Labute approximate surface area is 442 Å². The molecular weight excluding hydrogens is 906 g/mol. The van der Waals surface area contributed by atoms with Crippen LogP contribution in [0.2, 0.25) is 0 Å². The Kier molecular flexibility index (Phi) is 53.1. The van der Waals surface area contributed by atoms with Gasteiger partial charge in [-0.15, -0.1) is 0 Å². The molecule has 0 aliphatic heterocycles. The molecule has 0 saturated carbocycles. The summed E-state index contributed by atoms with van der Waals surface area (Å²) in [6.07, 6.45) is 61.8. The van der Waals surface area contributed by atoms with Crippen molar-refractivity contribution in [1.82, 2.24) is 0 Å². The first-order chi connectivity index (χ1) is 34.5. The first-order valence-corrected chi connectivity index (χ1v) is 32.8. The van der Waals surface area contributed by atoms with Gasteiger partial charge >= 0.3 is 19.8 Å². The van der Waals surface area contributed by atoms with Gasteiger partial charge in [-0.05, 0) is 12.8 Å². The van der Waals surface area contributed by atoms with Gasteiger partial charge < -0.3 is 18.9 Å². The van der Waals surface area contributed by atoms with Crippen molar-refractivity contribution in [3.05, 3.63) is 0 Å². The number of rotatable bonds is 59. The zero-order valence-corrected chi connectivity index (χ0v) is 49.1. The molecule has 0 aromatic heterocycles. The van der Waals surface area contributed by atoms with Crippen LogP contribution in [0.25, 0.3) is 0 Å². The largest absolute Gasteiger partial charge is 0.472 e. The fourth-order valence-corrected chi connectivity index (χ4v) is 10.3. The van der Waals surface area contributed by atoms with Crippen LogP contribution >= 0.6 is 7.82 Å². The Bertz CT molecular complexity index is 1160. The van der Waals surface area contributed by atoms with Crippen molar-refractivity contribution in [1.29, 1.82) is 0 Å². The number of hydrogen-bond acceptors (Lipinski definition) is 7. The Morgan fingerprint density at radius 1 is 0.380 bits per heavy atom. The maximum Gasteiger partial charge on any atom is 0.472 e. The summed E-state index contributed by atoms with van der Waals surface area (Å²) in [4.78, 5) is 35.7. The minimum absolute atomic E-state index is 0.0375. The minimum atomic E-state index is -4.38. The van der Waals surface area contributed by atoms with Gasteiger partial charge in [0.2, 0.25) is 0 Å². The molecule has 71 heavy (non-hydrogen) atoms. The number of phosphoric ester groups is 1. The summed E-state index contributed by atoms with van der Waals surface area (Å²) >= 11 is 0. The van der Waals surface area contributed by atoms with Crippen LogP contribution in [0.3, 0.4) is 0 Å². The molecule has 2 atom stereocenters. The molecule has 0 heterocycles. The van der Waals surface area contributed by atoms with E-state index in [0.717, 1.165) is 38.5 Å². The van der Waals surface area contributed by atoms with Gasteiger partial charge in [0.25, 0.3) is 0 Å². The second kappa shape index (κ2) is 53.8. The number of esters is 2. The standard InChI is InChI=1S/C61H122NO8P/c1-6-8-10-12-14-16-18-20-22-24-26-28-29-30-31-32-33-34-36-38-40-42-44-46-48-50-52-54-61(64)70-59(58-69-71(65,66)68-56-55-62(3,4)5)57-67-60(63)53-51-49-47-45-43-41-39-37-35-27-25-23-21-19-17-15-13-11-9-7-2/h59H,6-58H2,1-5H3/p+1. The molecule has 0 amide bonds. The summed E-state index contributed by atoms with van der Waals surface area (Å²) in [6.45, 7) is 4.52. The zero-order valence-electron chi connectivity index (χ0n) is 48.3. The minimum Gasteiger partial charge on any atom is -0.462 e. The number of hydrogen-bond donors (Lipinski definition) is 1. The molecule has 9 nitrogen and oxygen atoms in total. The Hall–Kier alpha value is -0.990. The molecule has 0 aromatic rings. The highest BCUT2D eigenvalue weighted by Crippen LogP contribution is 2.43. The van der Waals surface area contributed by atoms with E-state index in [-0.39, 0.29) is 25.6 Å². The average Bonchev–Trinajstić information content (AvgIpc) is 3.33. The van der Waals surface area contributed by atoms with Crippen LogP contribution in [0.5, 0.6) is 0 Å². The average molecular weight is 1030 g/mol. The summed E-state index contributed by atoms with van der Waals surface area (Å²) in [7, 11) is 1.50. The number of phosphoric acid groups is 1. The van der Waals surface area contributed by atoms with Gasteiger partial charge in [0.15, 0.2) is 6.10 Å². The summed E-state index contributed by atoms with van der Waals surface area (Å²) in [6, 6.07) is 0. The van der Waals surface area contributed by atoms with Gasteiger partial charge in [-0.2, -0.15) is 0 Å². The molecular formula is C61H123NO8P+. The highest BCUT2D eigenvalue weighted by Gasteiger charge is 2.27. The van der Waals surface area contributed by atoms with E-state index in [4.69, 9.17) is 18.5 Å². The summed E-state index contributed by atoms with van der Waals surface area (Å²) in [5.41, 5.74) is 0. The molecule has 0 aliphatic carbocycles. The quantitative estimate of drug-likeness (QED) is 0.0278. The van der Waals surface area contributed by atoms with Crippen LogP contribution in [0, 0.1) is 0 Å². The summed E-state index contributed by atoms with van der Waals surface area (Å²) in [5.74, 6) is -0.771. The van der Waals surface area contributed by atoms with Crippen molar-refractivity contribution in [2.75, 3.05) is 47.5 Å². The van der Waals surface area contributed by atoms with Crippen LogP contribution in [-0.2, 0) is 32.7 Å². The Balaban J connectivity index is 4.04. The van der Waals surface area contributed by atoms with Crippen molar-refractivity contribution < 1.29 is 42.1 Å². The van der Waals surface area contributed by atoms with Crippen LogP contribution in [-0.4, -0.2) is 74.9 Å². The highest BCUT2D eigenvalue weighted by atomic mass is 31.2. The number of likely N-dealkylation sites (N-methyl/N-ethyl adjacent to an activating group) is 1. The third kappa shape index (κ3) is 58.1. The molecule has 0 bridgehead atoms. The zero-order chi connectivity index (χ0) is 52.0. The van der Waals surface area contributed by atoms with Crippen molar-refractivity contribution in [2.45, 2.75) is 335 Å². The lowest BCUT2D eigenvalue weighted by molar-refractivity contribution is -0.870. The molecule has 1 N–H and O–H groups in total. The van der Waals surface area contributed by atoms with Gasteiger partial charge in [0, 0.05) is 12.8 Å². The summed E-state index contributed by atoms with van der Waals surface area (Å²) in [5, 5.41) is 0. The number of ether oxygens (including phenoxy) is 2. The van der Waals surface area contributed by atoms with E-state index in [9.17, 15) is 19.0 Å². The molecule has 0 radical (unpaired) electrons. The van der Waals surface area contributed by atoms with E-state index in [2.05, 4.69) is 13.8 Å². The monoisotopic (exact) mass is 1030 g/mol. The van der Waals surface area contributed by atoms with Gasteiger partial charge in [-0.1, -0.05) is 303 Å². The predicted octanol–water partition coefficient (Wildman–Crippen LogP) is 19.4. The van der Waals surface area contributed by atoms with E-state index in [1.54, 1.807) is 0 Å². The molecule has 0 saturated heterocycles. The fraction of sp³-hybridized carbons (Fsp3) is 0.967. The highest BCUT2D eigenvalue weighted by molar-refractivity contribution is 7.47. The maximum absolute atomic E-state index is 12.8.